The minimum Gasteiger partial charge on any atom is -0.336 e. The van der Waals surface area contributed by atoms with Gasteiger partial charge in [-0.1, -0.05) is 11.8 Å². The summed E-state index contributed by atoms with van der Waals surface area (Å²) < 4.78 is 3.73. The molecule has 0 aliphatic carbocycles. The second-order valence-corrected chi connectivity index (χ2v) is 6.21. The zero-order chi connectivity index (χ0) is 15.0. The number of aromatic nitrogens is 5. The van der Waals surface area contributed by atoms with Crippen molar-refractivity contribution in [3.63, 3.8) is 0 Å². The van der Waals surface area contributed by atoms with Gasteiger partial charge in [0.2, 0.25) is 5.16 Å². The fourth-order valence-corrected chi connectivity index (χ4v) is 2.92. The average molecular weight is 367 g/mol. The molecule has 0 saturated heterocycles. The molecule has 0 atom stereocenters. The summed E-state index contributed by atoms with van der Waals surface area (Å²) in [4.78, 5) is 16.5. The monoisotopic (exact) mass is 366 g/mol. The first-order chi connectivity index (χ1) is 10.0. The number of rotatable bonds is 3. The third-order valence-electron chi connectivity index (χ3n) is 2.86. The van der Waals surface area contributed by atoms with E-state index >= 15 is 0 Å². The number of nitrogens with two attached hydrogens (primary N) is 1. The van der Waals surface area contributed by atoms with E-state index in [1.165, 1.54) is 26.9 Å². The molecule has 3 aromatic rings. The highest BCUT2D eigenvalue weighted by atomic mass is 79.9. The molecule has 0 aromatic carbocycles. The molecule has 0 aliphatic rings. The SMILES string of the molecule is Cc1nnc(SCc2cc(=O)n3cc(Br)ccc3n2)n1N. The molecule has 0 aliphatic heterocycles. The largest absolute Gasteiger partial charge is 0.336 e. The van der Waals surface area contributed by atoms with Gasteiger partial charge in [0.25, 0.3) is 5.56 Å². The smallest absolute Gasteiger partial charge is 0.258 e. The number of halogens is 1. The van der Waals surface area contributed by atoms with Crippen LogP contribution in [0.4, 0.5) is 0 Å². The quantitative estimate of drug-likeness (QED) is 0.555. The van der Waals surface area contributed by atoms with E-state index in [1.54, 1.807) is 19.2 Å². The van der Waals surface area contributed by atoms with Crippen LogP contribution in [0.25, 0.3) is 5.65 Å². The van der Waals surface area contributed by atoms with E-state index in [0.29, 0.717) is 28.1 Å². The lowest BCUT2D eigenvalue weighted by atomic mass is 10.4. The first-order valence-corrected chi connectivity index (χ1v) is 7.80. The van der Waals surface area contributed by atoms with Crippen molar-refractivity contribution in [2.45, 2.75) is 17.8 Å². The van der Waals surface area contributed by atoms with Crippen molar-refractivity contribution in [2.24, 2.45) is 0 Å². The summed E-state index contributed by atoms with van der Waals surface area (Å²) in [6, 6.07) is 5.14. The van der Waals surface area contributed by atoms with Crippen molar-refractivity contribution < 1.29 is 0 Å². The molecule has 3 rings (SSSR count). The van der Waals surface area contributed by atoms with Crippen molar-refractivity contribution in [1.82, 2.24) is 24.3 Å². The number of nitrogens with zero attached hydrogens (tertiary/aromatic N) is 5. The summed E-state index contributed by atoms with van der Waals surface area (Å²) in [5, 5.41) is 8.43. The third kappa shape index (κ3) is 2.79. The van der Waals surface area contributed by atoms with Gasteiger partial charge >= 0.3 is 0 Å². The summed E-state index contributed by atoms with van der Waals surface area (Å²) in [7, 11) is 0. The third-order valence-corrected chi connectivity index (χ3v) is 4.31. The van der Waals surface area contributed by atoms with Crippen LogP contribution in [0.2, 0.25) is 0 Å². The van der Waals surface area contributed by atoms with E-state index in [2.05, 4.69) is 31.1 Å². The molecular formula is C12H11BrN6OS. The average Bonchev–Trinajstić information content (AvgIpc) is 2.77. The molecule has 0 fully saturated rings. The number of pyridine rings is 1. The molecule has 21 heavy (non-hydrogen) atoms. The van der Waals surface area contributed by atoms with Crippen LogP contribution in [0.15, 0.2) is 38.8 Å². The van der Waals surface area contributed by atoms with Gasteiger partial charge in [-0.2, -0.15) is 0 Å². The van der Waals surface area contributed by atoms with Crippen LogP contribution in [-0.4, -0.2) is 24.3 Å². The molecule has 7 nitrogen and oxygen atoms in total. The molecule has 9 heteroatoms. The Bertz CT molecular complexity index is 874. The molecule has 0 amide bonds. The summed E-state index contributed by atoms with van der Waals surface area (Å²) in [5.74, 6) is 6.91. The van der Waals surface area contributed by atoms with Gasteiger partial charge in [-0.05, 0) is 35.0 Å². The second-order valence-electron chi connectivity index (χ2n) is 4.35. The van der Waals surface area contributed by atoms with Crippen LogP contribution in [0.3, 0.4) is 0 Å². The zero-order valence-electron chi connectivity index (χ0n) is 11.0. The number of hydrogen-bond donors (Lipinski definition) is 1. The molecule has 0 spiro atoms. The maximum atomic E-state index is 12.1. The van der Waals surface area contributed by atoms with Crippen molar-refractivity contribution >= 4 is 33.3 Å². The summed E-state index contributed by atoms with van der Waals surface area (Å²) in [5.41, 5.74) is 1.15. The maximum absolute atomic E-state index is 12.1. The number of aryl methyl sites for hydroxylation is 1. The van der Waals surface area contributed by atoms with Gasteiger partial charge in [0.1, 0.15) is 11.5 Å². The number of fused-ring (bicyclic) bond motifs is 1. The highest BCUT2D eigenvalue weighted by Crippen LogP contribution is 2.19. The Balaban J connectivity index is 1.89. The fourth-order valence-electron chi connectivity index (χ4n) is 1.79. The van der Waals surface area contributed by atoms with Crippen LogP contribution < -0.4 is 11.4 Å². The van der Waals surface area contributed by atoms with Crippen molar-refractivity contribution in [2.75, 3.05) is 5.84 Å². The lowest BCUT2D eigenvalue weighted by molar-refractivity contribution is 0.824. The minimum absolute atomic E-state index is 0.123. The summed E-state index contributed by atoms with van der Waals surface area (Å²) in [6.45, 7) is 1.77. The van der Waals surface area contributed by atoms with Crippen molar-refractivity contribution in [3.8, 4) is 0 Å². The minimum atomic E-state index is -0.123. The Hall–Kier alpha value is -1.87. The Morgan fingerprint density at radius 3 is 2.90 bits per heavy atom. The molecule has 2 N–H and O–H groups in total. The molecule has 0 saturated carbocycles. The fraction of sp³-hybridized carbons (Fsp3) is 0.167. The van der Waals surface area contributed by atoms with Gasteiger partial charge in [-0.15, -0.1) is 10.2 Å². The van der Waals surface area contributed by atoms with Gasteiger partial charge in [0, 0.05) is 22.5 Å². The molecule has 0 unspecified atom stereocenters. The number of thioether (sulfide) groups is 1. The van der Waals surface area contributed by atoms with Crippen LogP contribution in [-0.2, 0) is 5.75 Å². The van der Waals surface area contributed by atoms with Gasteiger partial charge in [0.05, 0.1) is 5.69 Å². The first-order valence-electron chi connectivity index (χ1n) is 6.02. The van der Waals surface area contributed by atoms with E-state index in [0.717, 1.165) is 4.47 Å². The van der Waals surface area contributed by atoms with Crippen LogP contribution in [0.5, 0.6) is 0 Å². The molecule has 3 heterocycles. The van der Waals surface area contributed by atoms with E-state index in [4.69, 9.17) is 5.84 Å². The molecule has 3 aromatic heterocycles. The molecular weight excluding hydrogens is 356 g/mol. The molecule has 0 radical (unpaired) electrons. The molecule has 108 valence electrons. The Morgan fingerprint density at radius 2 is 2.19 bits per heavy atom. The molecule has 0 bridgehead atoms. The zero-order valence-corrected chi connectivity index (χ0v) is 13.4. The van der Waals surface area contributed by atoms with Gasteiger partial charge in [-0.3, -0.25) is 9.20 Å². The van der Waals surface area contributed by atoms with Crippen molar-refractivity contribution in [3.05, 3.63) is 50.7 Å². The van der Waals surface area contributed by atoms with Crippen LogP contribution in [0, 0.1) is 6.92 Å². The Morgan fingerprint density at radius 1 is 1.38 bits per heavy atom. The summed E-state index contributed by atoms with van der Waals surface area (Å²) >= 11 is 4.72. The highest BCUT2D eigenvalue weighted by Gasteiger charge is 2.09. The second kappa shape index (κ2) is 5.49. The van der Waals surface area contributed by atoms with E-state index in [1.807, 2.05) is 6.07 Å². The maximum Gasteiger partial charge on any atom is 0.258 e. The van der Waals surface area contributed by atoms with E-state index in [9.17, 15) is 4.79 Å². The van der Waals surface area contributed by atoms with Gasteiger partial charge < -0.3 is 5.84 Å². The topological polar surface area (TPSA) is 91.1 Å². The number of hydrogen-bond acceptors (Lipinski definition) is 6. The van der Waals surface area contributed by atoms with Crippen LogP contribution >= 0.6 is 27.7 Å². The Kier molecular flexibility index (Phi) is 3.68. The number of nitrogen functional groups attached to an aromatic ring is 1. The van der Waals surface area contributed by atoms with Gasteiger partial charge in [-0.25, -0.2) is 9.66 Å². The standard InChI is InChI=1S/C12H11BrN6OS/c1-7-16-17-12(19(7)14)21-6-9-4-11(20)18-5-8(13)2-3-10(18)15-9/h2-5H,6,14H2,1H3. The highest BCUT2D eigenvalue weighted by molar-refractivity contribution is 9.10. The van der Waals surface area contributed by atoms with E-state index in [-0.39, 0.29) is 5.56 Å². The first kappa shape index (κ1) is 14.1. The predicted octanol–water partition coefficient (Wildman–Crippen LogP) is 1.36. The summed E-state index contributed by atoms with van der Waals surface area (Å²) in [6.07, 6.45) is 1.70. The van der Waals surface area contributed by atoms with Crippen molar-refractivity contribution in [1.29, 1.82) is 0 Å². The normalized spacial score (nSPS) is 11.1. The lowest BCUT2D eigenvalue weighted by Gasteiger charge is -2.04. The van der Waals surface area contributed by atoms with Crippen LogP contribution in [0.1, 0.15) is 11.5 Å². The Labute approximate surface area is 132 Å². The lowest BCUT2D eigenvalue weighted by Crippen LogP contribution is -2.15. The van der Waals surface area contributed by atoms with Gasteiger partial charge in [0.15, 0.2) is 0 Å². The predicted molar refractivity (Wildman–Crippen MR) is 83.6 cm³/mol. The van der Waals surface area contributed by atoms with E-state index < -0.39 is 0 Å².